The molecule has 0 aliphatic rings. The highest BCUT2D eigenvalue weighted by atomic mass is 35.5. The summed E-state index contributed by atoms with van der Waals surface area (Å²) in [6.07, 6.45) is 0.432. The highest BCUT2D eigenvalue weighted by Gasteiger charge is 2.13. The van der Waals surface area contributed by atoms with E-state index in [0.717, 1.165) is 5.56 Å². The molecule has 0 atom stereocenters. The van der Waals surface area contributed by atoms with Gasteiger partial charge in [-0.25, -0.2) is 0 Å². The lowest BCUT2D eigenvalue weighted by Crippen LogP contribution is -2.15. The predicted octanol–water partition coefficient (Wildman–Crippen LogP) is 4.18. The molecule has 0 saturated carbocycles. The van der Waals surface area contributed by atoms with E-state index >= 15 is 0 Å². The van der Waals surface area contributed by atoms with Crippen LogP contribution in [0.2, 0.25) is 5.02 Å². The summed E-state index contributed by atoms with van der Waals surface area (Å²) < 4.78 is 5.24. The number of carbonyl (C=O) groups excluding carboxylic acids is 2. The van der Waals surface area contributed by atoms with Gasteiger partial charge < -0.3 is 15.6 Å². The fourth-order valence-corrected chi connectivity index (χ4v) is 2.94. The van der Waals surface area contributed by atoms with E-state index in [2.05, 4.69) is 29.3 Å². The number of rotatable bonds is 7. The number of nitrogens with zero attached hydrogens (tertiary/aromatic N) is 2. The number of halogens is 1. The summed E-state index contributed by atoms with van der Waals surface area (Å²) in [6, 6.07) is 12.5. The van der Waals surface area contributed by atoms with Crippen LogP contribution in [0.1, 0.15) is 48.0 Å². The molecular weight excluding hydrogens is 392 g/mol. The van der Waals surface area contributed by atoms with E-state index in [4.69, 9.17) is 21.9 Å². The van der Waals surface area contributed by atoms with Crippen LogP contribution in [0.25, 0.3) is 11.4 Å². The molecule has 8 heteroatoms. The van der Waals surface area contributed by atoms with Crippen LogP contribution in [0.3, 0.4) is 0 Å². The summed E-state index contributed by atoms with van der Waals surface area (Å²) in [5, 5.41) is 6.91. The van der Waals surface area contributed by atoms with E-state index in [1.54, 1.807) is 6.07 Å². The third kappa shape index (κ3) is 5.20. The van der Waals surface area contributed by atoms with Crippen molar-refractivity contribution in [2.75, 3.05) is 5.32 Å². The zero-order chi connectivity index (χ0) is 21.0. The summed E-state index contributed by atoms with van der Waals surface area (Å²) in [5.41, 5.74) is 7.93. The van der Waals surface area contributed by atoms with Crippen molar-refractivity contribution in [2.24, 2.45) is 5.73 Å². The second-order valence-electron chi connectivity index (χ2n) is 6.90. The molecule has 1 heterocycles. The minimum absolute atomic E-state index is 0.141. The number of hydrogen-bond donors (Lipinski definition) is 2. The van der Waals surface area contributed by atoms with E-state index in [1.807, 2.05) is 24.3 Å². The number of amides is 2. The van der Waals surface area contributed by atoms with Crippen molar-refractivity contribution in [3.8, 4) is 11.4 Å². The van der Waals surface area contributed by atoms with Crippen LogP contribution in [-0.4, -0.2) is 22.0 Å². The highest BCUT2D eigenvalue weighted by Crippen LogP contribution is 2.22. The highest BCUT2D eigenvalue weighted by molar-refractivity contribution is 6.34. The average Bonchev–Trinajstić information content (AvgIpc) is 3.17. The van der Waals surface area contributed by atoms with Crippen molar-refractivity contribution in [3.05, 3.63) is 64.5 Å². The van der Waals surface area contributed by atoms with Gasteiger partial charge in [0.05, 0.1) is 10.6 Å². The lowest BCUT2D eigenvalue weighted by Gasteiger charge is -2.06. The minimum Gasteiger partial charge on any atom is -0.366 e. The second-order valence-corrected chi connectivity index (χ2v) is 7.30. The first-order chi connectivity index (χ1) is 13.8. The number of nitrogens with two attached hydrogens (primary N) is 1. The second kappa shape index (κ2) is 8.87. The quantitative estimate of drug-likeness (QED) is 0.604. The summed E-state index contributed by atoms with van der Waals surface area (Å²) in [4.78, 5) is 27.9. The number of primary amides is 1. The number of aryl methyl sites for hydroxylation is 1. The van der Waals surface area contributed by atoms with Gasteiger partial charge in [0.25, 0.3) is 0 Å². The lowest BCUT2D eigenvalue weighted by atomic mass is 10.0. The fraction of sp³-hybridized carbons (Fsp3) is 0.238. The molecule has 0 fully saturated rings. The summed E-state index contributed by atoms with van der Waals surface area (Å²) in [6.45, 7) is 4.26. The molecule has 7 nitrogen and oxygen atoms in total. The van der Waals surface area contributed by atoms with Crippen LogP contribution in [0, 0.1) is 0 Å². The molecule has 29 heavy (non-hydrogen) atoms. The maximum Gasteiger partial charge on any atom is 0.250 e. The molecule has 2 aromatic carbocycles. The van der Waals surface area contributed by atoms with Crippen LogP contribution in [0.4, 0.5) is 5.69 Å². The number of hydrogen-bond acceptors (Lipinski definition) is 5. The van der Waals surface area contributed by atoms with Gasteiger partial charge in [0.15, 0.2) is 0 Å². The smallest absolute Gasteiger partial charge is 0.250 e. The molecule has 1 aromatic heterocycles. The fourth-order valence-electron chi connectivity index (χ4n) is 2.73. The van der Waals surface area contributed by atoms with Crippen molar-refractivity contribution >= 4 is 29.1 Å². The Bertz CT molecular complexity index is 1030. The Balaban J connectivity index is 1.59. The zero-order valence-corrected chi connectivity index (χ0v) is 16.9. The van der Waals surface area contributed by atoms with Gasteiger partial charge in [-0.05, 0) is 29.7 Å². The molecule has 0 bridgehead atoms. The summed E-state index contributed by atoms with van der Waals surface area (Å²) in [7, 11) is 0. The standard InChI is InChI=1S/C21H21ClN4O3/c1-12(2)13-3-5-14(6-4-13)21-25-19(29-26-21)10-9-18(27)24-15-7-8-17(22)16(11-15)20(23)28/h3-8,11-12H,9-10H2,1-2H3,(H2,23,28)(H,24,27). The molecule has 2 amide bonds. The Kier molecular flexibility index (Phi) is 6.29. The van der Waals surface area contributed by atoms with Crippen LogP contribution in [0.15, 0.2) is 47.0 Å². The van der Waals surface area contributed by atoms with E-state index in [1.165, 1.54) is 17.7 Å². The number of nitrogens with one attached hydrogen (secondary N) is 1. The van der Waals surface area contributed by atoms with E-state index in [-0.39, 0.29) is 22.9 Å². The normalized spacial score (nSPS) is 10.9. The molecule has 3 N–H and O–H groups in total. The Hall–Kier alpha value is -3.19. The van der Waals surface area contributed by atoms with Crippen molar-refractivity contribution in [1.82, 2.24) is 10.1 Å². The van der Waals surface area contributed by atoms with Gasteiger partial charge in [-0.3, -0.25) is 9.59 Å². The zero-order valence-electron chi connectivity index (χ0n) is 16.1. The minimum atomic E-state index is -0.661. The van der Waals surface area contributed by atoms with Gasteiger partial charge in [0.1, 0.15) is 0 Å². The van der Waals surface area contributed by atoms with Gasteiger partial charge in [-0.15, -0.1) is 0 Å². The van der Waals surface area contributed by atoms with Gasteiger partial charge in [-0.1, -0.05) is 54.9 Å². The number of anilines is 1. The van der Waals surface area contributed by atoms with Crippen molar-refractivity contribution in [3.63, 3.8) is 0 Å². The molecule has 0 radical (unpaired) electrons. The third-order valence-corrected chi connectivity index (χ3v) is 4.71. The molecule has 0 aliphatic carbocycles. The van der Waals surface area contributed by atoms with Crippen molar-refractivity contribution < 1.29 is 14.1 Å². The van der Waals surface area contributed by atoms with Crippen LogP contribution < -0.4 is 11.1 Å². The first-order valence-corrected chi connectivity index (χ1v) is 9.53. The Morgan fingerprint density at radius 2 is 1.90 bits per heavy atom. The van der Waals surface area contributed by atoms with Crippen molar-refractivity contribution in [2.45, 2.75) is 32.6 Å². The summed E-state index contributed by atoms with van der Waals surface area (Å²) >= 11 is 5.90. The Morgan fingerprint density at radius 1 is 1.17 bits per heavy atom. The first kappa shape index (κ1) is 20.5. The van der Waals surface area contributed by atoms with Crippen molar-refractivity contribution in [1.29, 1.82) is 0 Å². The number of carbonyl (C=O) groups is 2. The molecule has 0 spiro atoms. The molecule has 150 valence electrons. The number of benzene rings is 2. The maximum absolute atomic E-state index is 12.2. The summed E-state index contributed by atoms with van der Waals surface area (Å²) in [5.74, 6) is 0.384. The van der Waals surface area contributed by atoms with Crippen LogP contribution in [-0.2, 0) is 11.2 Å². The molecule has 0 saturated heterocycles. The van der Waals surface area contributed by atoms with Gasteiger partial charge in [0, 0.05) is 24.1 Å². The number of aromatic nitrogens is 2. The topological polar surface area (TPSA) is 111 Å². The molecular formula is C21H21ClN4O3. The monoisotopic (exact) mass is 412 g/mol. The first-order valence-electron chi connectivity index (χ1n) is 9.15. The Morgan fingerprint density at radius 3 is 2.55 bits per heavy atom. The van der Waals surface area contributed by atoms with Crippen LogP contribution >= 0.6 is 11.6 Å². The molecule has 0 unspecified atom stereocenters. The van der Waals surface area contributed by atoms with E-state index < -0.39 is 5.91 Å². The third-order valence-electron chi connectivity index (χ3n) is 4.39. The lowest BCUT2D eigenvalue weighted by molar-refractivity contribution is -0.116. The molecule has 3 aromatic rings. The van der Waals surface area contributed by atoms with Gasteiger partial charge in [-0.2, -0.15) is 4.98 Å². The van der Waals surface area contributed by atoms with Crippen LogP contribution in [0.5, 0.6) is 0 Å². The predicted molar refractivity (Wildman–Crippen MR) is 111 cm³/mol. The molecule has 0 aliphatic heterocycles. The van der Waals surface area contributed by atoms with E-state index in [0.29, 0.717) is 29.7 Å². The van der Waals surface area contributed by atoms with E-state index in [9.17, 15) is 9.59 Å². The maximum atomic E-state index is 12.2. The van der Waals surface area contributed by atoms with Gasteiger partial charge in [0.2, 0.25) is 23.5 Å². The molecule has 3 rings (SSSR count). The average molecular weight is 413 g/mol. The van der Waals surface area contributed by atoms with Gasteiger partial charge >= 0.3 is 0 Å². The SMILES string of the molecule is CC(C)c1ccc(-c2noc(CCC(=O)Nc3ccc(Cl)c(C(N)=O)c3)n2)cc1. The Labute approximate surface area is 173 Å². The largest absolute Gasteiger partial charge is 0.366 e.